The number of nitrogens with zero attached hydrogens (tertiary/aromatic N) is 3. The van der Waals surface area contributed by atoms with Crippen LogP contribution in [0.25, 0.3) is 11.1 Å². The fourth-order valence-electron chi connectivity index (χ4n) is 3.40. The monoisotopic (exact) mass is 269 g/mol. The van der Waals surface area contributed by atoms with Crippen LogP contribution in [0.2, 0.25) is 0 Å². The Morgan fingerprint density at radius 1 is 1.35 bits per heavy atom. The summed E-state index contributed by atoms with van der Waals surface area (Å²) in [5.41, 5.74) is 3.53. The molecule has 5 heteroatoms. The van der Waals surface area contributed by atoms with E-state index in [2.05, 4.69) is 17.1 Å². The summed E-state index contributed by atoms with van der Waals surface area (Å²) in [5, 5.41) is 8.96. The smallest absolute Gasteiger partial charge is 0.407 e. The molecule has 1 amide bonds. The van der Waals surface area contributed by atoms with Gasteiger partial charge in [-0.3, -0.25) is 0 Å². The van der Waals surface area contributed by atoms with Gasteiger partial charge in [0.25, 0.3) is 0 Å². The van der Waals surface area contributed by atoms with Crippen molar-refractivity contribution >= 4 is 17.2 Å². The number of hydrogen-bond acceptors (Lipinski definition) is 2. The number of allylic oxidation sites excluding steroid dienone is 2. The molecule has 0 radical (unpaired) electrons. The lowest BCUT2D eigenvalue weighted by Gasteiger charge is -2.46. The number of fused-ring (bicyclic) bond motifs is 1. The second-order valence-corrected chi connectivity index (χ2v) is 5.84. The number of pyridine rings is 1. The van der Waals surface area contributed by atoms with Crippen LogP contribution in [0.15, 0.2) is 36.8 Å². The van der Waals surface area contributed by atoms with E-state index in [9.17, 15) is 4.79 Å². The largest absolute Gasteiger partial charge is 0.465 e. The van der Waals surface area contributed by atoms with Crippen molar-refractivity contribution in [1.82, 2.24) is 14.3 Å². The van der Waals surface area contributed by atoms with Crippen LogP contribution in [0.4, 0.5) is 4.79 Å². The minimum absolute atomic E-state index is 0.123. The molecule has 1 spiro atoms. The normalized spacial score (nSPS) is 20.2. The van der Waals surface area contributed by atoms with Crippen LogP contribution >= 0.6 is 0 Å². The molecule has 2 aliphatic rings. The van der Waals surface area contributed by atoms with Gasteiger partial charge in [0.1, 0.15) is 0 Å². The van der Waals surface area contributed by atoms with Gasteiger partial charge in [0, 0.05) is 24.7 Å². The van der Waals surface area contributed by atoms with Crippen molar-refractivity contribution in [3.8, 4) is 0 Å². The molecular weight excluding hydrogens is 254 g/mol. The molecule has 0 unspecified atom stereocenters. The van der Waals surface area contributed by atoms with Gasteiger partial charge < -0.3 is 14.4 Å². The summed E-state index contributed by atoms with van der Waals surface area (Å²) in [6, 6.07) is 6.07. The van der Waals surface area contributed by atoms with Crippen molar-refractivity contribution in [2.24, 2.45) is 5.41 Å². The van der Waals surface area contributed by atoms with Gasteiger partial charge in [-0.25, -0.2) is 9.78 Å². The first-order valence-electron chi connectivity index (χ1n) is 6.76. The summed E-state index contributed by atoms with van der Waals surface area (Å²) in [7, 11) is 0. The SMILES string of the molecule is O=C(O)N1CC2(CC=C(c3ncn4ccccc34)C2)C1. The molecule has 1 N–H and O–H groups in total. The van der Waals surface area contributed by atoms with Crippen molar-refractivity contribution in [2.45, 2.75) is 12.8 Å². The Morgan fingerprint density at radius 3 is 3.00 bits per heavy atom. The molecule has 102 valence electrons. The van der Waals surface area contributed by atoms with Gasteiger partial charge in [0.15, 0.2) is 0 Å². The van der Waals surface area contributed by atoms with Crippen LogP contribution in [0, 0.1) is 5.41 Å². The van der Waals surface area contributed by atoms with E-state index >= 15 is 0 Å². The predicted octanol–water partition coefficient (Wildman–Crippen LogP) is 2.49. The van der Waals surface area contributed by atoms with E-state index < -0.39 is 6.09 Å². The topological polar surface area (TPSA) is 57.8 Å². The highest BCUT2D eigenvalue weighted by Crippen LogP contribution is 2.48. The van der Waals surface area contributed by atoms with Crippen LogP contribution < -0.4 is 0 Å². The van der Waals surface area contributed by atoms with Gasteiger partial charge >= 0.3 is 6.09 Å². The number of likely N-dealkylation sites (tertiary alicyclic amines) is 1. The maximum Gasteiger partial charge on any atom is 0.407 e. The second kappa shape index (κ2) is 3.85. The van der Waals surface area contributed by atoms with Gasteiger partial charge in [-0.15, -0.1) is 0 Å². The molecule has 1 aliphatic heterocycles. The molecular formula is C15H15N3O2. The van der Waals surface area contributed by atoms with Crippen LogP contribution in [0.3, 0.4) is 0 Å². The highest BCUT2D eigenvalue weighted by molar-refractivity contribution is 5.78. The van der Waals surface area contributed by atoms with Crippen molar-refractivity contribution < 1.29 is 9.90 Å². The van der Waals surface area contributed by atoms with E-state index in [1.165, 1.54) is 10.5 Å². The number of aromatic nitrogens is 2. The lowest BCUT2D eigenvalue weighted by Crippen LogP contribution is -2.56. The summed E-state index contributed by atoms with van der Waals surface area (Å²) in [6.07, 6.45) is 7.13. The molecule has 2 aromatic heterocycles. The van der Waals surface area contributed by atoms with E-state index in [4.69, 9.17) is 5.11 Å². The molecule has 4 rings (SSSR count). The summed E-state index contributed by atoms with van der Waals surface area (Å²) in [4.78, 5) is 16.9. The first-order chi connectivity index (χ1) is 9.67. The average Bonchev–Trinajstić information content (AvgIpc) is 3.00. The molecule has 0 bridgehead atoms. The molecule has 20 heavy (non-hydrogen) atoms. The van der Waals surface area contributed by atoms with E-state index in [-0.39, 0.29) is 5.41 Å². The molecule has 3 heterocycles. The van der Waals surface area contributed by atoms with Gasteiger partial charge in [0.05, 0.1) is 17.5 Å². The number of amides is 1. The maximum absolute atomic E-state index is 10.9. The first-order valence-corrected chi connectivity index (χ1v) is 6.76. The van der Waals surface area contributed by atoms with E-state index in [1.54, 1.807) is 0 Å². The van der Waals surface area contributed by atoms with E-state index in [1.807, 2.05) is 29.1 Å². The Bertz CT molecular complexity index is 726. The van der Waals surface area contributed by atoms with E-state index in [0.29, 0.717) is 13.1 Å². The number of rotatable bonds is 1. The molecule has 1 saturated heterocycles. The lowest BCUT2D eigenvalue weighted by molar-refractivity contribution is 0.0200. The third kappa shape index (κ3) is 1.56. The lowest BCUT2D eigenvalue weighted by atomic mass is 9.77. The Balaban J connectivity index is 1.59. The second-order valence-electron chi connectivity index (χ2n) is 5.84. The van der Waals surface area contributed by atoms with Crippen LogP contribution in [-0.4, -0.2) is 38.6 Å². The molecule has 0 atom stereocenters. The third-order valence-corrected chi connectivity index (χ3v) is 4.42. The highest BCUT2D eigenvalue weighted by Gasteiger charge is 2.47. The molecule has 0 aromatic carbocycles. The molecule has 1 aliphatic carbocycles. The zero-order valence-corrected chi connectivity index (χ0v) is 11.0. The predicted molar refractivity (Wildman–Crippen MR) is 74.4 cm³/mol. The zero-order valence-electron chi connectivity index (χ0n) is 11.0. The maximum atomic E-state index is 10.9. The fourth-order valence-corrected chi connectivity index (χ4v) is 3.40. The van der Waals surface area contributed by atoms with Crippen molar-refractivity contribution in [3.63, 3.8) is 0 Å². The van der Waals surface area contributed by atoms with Crippen LogP contribution in [0.1, 0.15) is 18.5 Å². The standard InChI is InChI=1S/C15H15N3O2/c19-14(20)18-8-15(9-18)5-4-11(7-15)13-12-3-1-2-6-17(12)10-16-13/h1-4,6,10H,5,7-9H2,(H,19,20). The van der Waals surface area contributed by atoms with Crippen LogP contribution in [0.5, 0.6) is 0 Å². The van der Waals surface area contributed by atoms with E-state index in [0.717, 1.165) is 24.1 Å². The van der Waals surface area contributed by atoms with Crippen molar-refractivity contribution in [1.29, 1.82) is 0 Å². The fraction of sp³-hybridized carbons (Fsp3) is 0.333. The van der Waals surface area contributed by atoms with Crippen LogP contribution in [-0.2, 0) is 0 Å². The summed E-state index contributed by atoms with van der Waals surface area (Å²) in [6.45, 7) is 1.29. The minimum atomic E-state index is -0.809. The third-order valence-electron chi connectivity index (χ3n) is 4.42. The number of hydrogen-bond donors (Lipinski definition) is 1. The molecule has 0 saturated carbocycles. The quantitative estimate of drug-likeness (QED) is 0.865. The average molecular weight is 269 g/mol. The zero-order chi connectivity index (χ0) is 13.7. The molecule has 2 aromatic rings. The summed E-state index contributed by atoms with van der Waals surface area (Å²) >= 11 is 0. The van der Waals surface area contributed by atoms with Gasteiger partial charge in [-0.1, -0.05) is 12.1 Å². The van der Waals surface area contributed by atoms with Crippen molar-refractivity contribution in [2.75, 3.05) is 13.1 Å². The van der Waals surface area contributed by atoms with Gasteiger partial charge in [0.2, 0.25) is 0 Å². The number of imidazole rings is 1. The summed E-state index contributed by atoms with van der Waals surface area (Å²) < 4.78 is 2.02. The highest BCUT2D eigenvalue weighted by atomic mass is 16.4. The Kier molecular flexibility index (Phi) is 2.22. The number of carboxylic acid groups (broad SMARTS) is 1. The van der Waals surface area contributed by atoms with Gasteiger partial charge in [-0.2, -0.15) is 0 Å². The Labute approximate surface area is 116 Å². The van der Waals surface area contributed by atoms with Gasteiger partial charge in [-0.05, 0) is 30.5 Å². The van der Waals surface area contributed by atoms with Crippen molar-refractivity contribution in [3.05, 3.63) is 42.5 Å². The molecule has 1 fully saturated rings. The summed E-state index contributed by atoms with van der Waals surface area (Å²) in [5.74, 6) is 0. The first kappa shape index (κ1) is 11.5. The Hall–Kier alpha value is -2.30. The molecule has 5 nitrogen and oxygen atoms in total. The Morgan fingerprint density at radius 2 is 2.20 bits per heavy atom. The number of carbonyl (C=O) groups is 1. The minimum Gasteiger partial charge on any atom is -0.465 e.